The predicted molar refractivity (Wildman–Crippen MR) is 109 cm³/mol. The summed E-state index contributed by atoms with van der Waals surface area (Å²) >= 11 is 0. The number of rotatable bonds is 8. The molecule has 1 aliphatic rings. The first-order valence-corrected chi connectivity index (χ1v) is 9.21. The summed E-state index contributed by atoms with van der Waals surface area (Å²) in [5.41, 5.74) is 2.55. The highest BCUT2D eigenvalue weighted by Crippen LogP contribution is 2.28. The number of hydrogen-bond donors (Lipinski definition) is 1. The number of carbonyl (C=O) groups excluding carboxylic acids is 2. The fourth-order valence-corrected chi connectivity index (χ4v) is 3.11. The number of benzene rings is 2. The van der Waals surface area contributed by atoms with Gasteiger partial charge < -0.3 is 19.7 Å². The van der Waals surface area contributed by atoms with Gasteiger partial charge in [0, 0.05) is 24.3 Å². The van der Waals surface area contributed by atoms with Gasteiger partial charge in [0.05, 0.1) is 7.11 Å². The minimum Gasteiger partial charge on any atom is -0.493 e. The Morgan fingerprint density at radius 3 is 2.64 bits per heavy atom. The molecule has 0 bridgehead atoms. The molecule has 0 spiro atoms. The van der Waals surface area contributed by atoms with Crippen molar-refractivity contribution < 1.29 is 19.1 Å². The number of nitrogens with zero attached hydrogens (tertiary/aromatic N) is 1. The Bertz CT molecular complexity index is 861. The fraction of sp³-hybridized carbons (Fsp3) is 0.273. The standard InChI is InChI=1S/C22H24N2O4/c1-3-5-16-7-12-19(20(14-16)27-2)28-15-21(25)23-17-8-10-18(11-9-17)24-13-4-6-22(24)26/h3,7-12,14H,1,4-6,13,15H2,2H3,(H,23,25). The van der Waals surface area contributed by atoms with Crippen LogP contribution in [-0.2, 0) is 16.0 Å². The zero-order valence-corrected chi connectivity index (χ0v) is 15.9. The molecular formula is C22H24N2O4. The van der Waals surface area contributed by atoms with E-state index in [1.54, 1.807) is 30.2 Å². The number of carbonyl (C=O) groups is 2. The van der Waals surface area contributed by atoms with Crippen LogP contribution >= 0.6 is 0 Å². The molecule has 2 aromatic carbocycles. The van der Waals surface area contributed by atoms with Gasteiger partial charge >= 0.3 is 0 Å². The van der Waals surface area contributed by atoms with Gasteiger partial charge in [-0.2, -0.15) is 0 Å². The number of ether oxygens (including phenoxy) is 2. The molecule has 1 heterocycles. The third-order valence-electron chi connectivity index (χ3n) is 4.50. The summed E-state index contributed by atoms with van der Waals surface area (Å²) in [4.78, 5) is 25.7. The first-order chi connectivity index (χ1) is 13.6. The molecule has 0 saturated carbocycles. The maximum Gasteiger partial charge on any atom is 0.262 e. The van der Waals surface area contributed by atoms with Crippen molar-refractivity contribution in [1.82, 2.24) is 0 Å². The Morgan fingerprint density at radius 2 is 2.00 bits per heavy atom. The lowest BCUT2D eigenvalue weighted by Crippen LogP contribution is -2.23. The SMILES string of the molecule is C=CCc1ccc(OCC(=O)Nc2ccc(N3CCCC3=O)cc2)c(OC)c1. The normalized spacial score (nSPS) is 13.3. The maximum atomic E-state index is 12.2. The lowest BCUT2D eigenvalue weighted by molar-refractivity contribution is -0.118. The highest BCUT2D eigenvalue weighted by molar-refractivity contribution is 5.96. The predicted octanol–water partition coefficient (Wildman–Crippen LogP) is 3.57. The quantitative estimate of drug-likeness (QED) is 0.711. The second-order valence-corrected chi connectivity index (χ2v) is 6.51. The molecule has 2 amide bonds. The summed E-state index contributed by atoms with van der Waals surface area (Å²) in [6.45, 7) is 4.33. The Labute approximate surface area is 164 Å². The molecule has 28 heavy (non-hydrogen) atoms. The molecule has 2 aromatic rings. The Balaban J connectivity index is 1.55. The second kappa shape index (κ2) is 9.08. The highest BCUT2D eigenvalue weighted by atomic mass is 16.5. The van der Waals surface area contributed by atoms with Crippen molar-refractivity contribution in [1.29, 1.82) is 0 Å². The highest BCUT2D eigenvalue weighted by Gasteiger charge is 2.21. The Hall–Kier alpha value is -3.28. The van der Waals surface area contributed by atoms with Crippen LogP contribution < -0.4 is 19.7 Å². The van der Waals surface area contributed by atoms with Crippen molar-refractivity contribution in [3.8, 4) is 11.5 Å². The largest absolute Gasteiger partial charge is 0.493 e. The average Bonchev–Trinajstić information content (AvgIpc) is 3.13. The van der Waals surface area contributed by atoms with Gasteiger partial charge in [0.1, 0.15) is 0 Å². The van der Waals surface area contributed by atoms with Crippen molar-refractivity contribution in [2.24, 2.45) is 0 Å². The monoisotopic (exact) mass is 380 g/mol. The van der Waals surface area contributed by atoms with Crippen molar-refractivity contribution in [3.63, 3.8) is 0 Å². The van der Waals surface area contributed by atoms with E-state index in [1.165, 1.54) is 0 Å². The molecule has 0 aromatic heterocycles. The summed E-state index contributed by atoms with van der Waals surface area (Å²) in [6.07, 6.45) is 4.02. The number of allylic oxidation sites excluding steroid dienone is 1. The second-order valence-electron chi connectivity index (χ2n) is 6.51. The molecule has 146 valence electrons. The third kappa shape index (κ3) is 4.71. The summed E-state index contributed by atoms with van der Waals surface area (Å²) in [7, 11) is 1.56. The lowest BCUT2D eigenvalue weighted by atomic mass is 10.1. The van der Waals surface area contributed by atoms with Crippen LogP contribution in [0.4, 0.5) is 11.4 Å². The Morgan fingerprint density at radius 1 is 1.21 bits per heavy atom. The molecule has 3 rings (SSSR count). The molecule has 1 saturated heterocycles. The zero-order chi connectivity index (χ0) is 19.9. The topological polar surface area (TPSA) is 67.9 Å². The molecule has 0 aliphatic carbocycles. The number of hydrogen-bond acceptors (Lipinski definition) is 4. The van der Waals surface area contributed by atoms with Crippen molar-refractivity contribution in [3.05, 3.63) is 60.7 Å². The summed E-state index contributed by atoms with van der Waals surface area (Å²) in [5.74, 6) is 0.945. The van der Waals surface area contributed by atoms with E-state index < -0.39 is 0 Å². The van der Waals surface area contributed by atoms with Crippen LogP contribution in [0.5, 0.6) is 11.5 Å². The number of amides is 2. The molecule has 1 aliphatic heterocycles. The van der Waals surface area contributed by atoms with E-state index in [0.29, 0.717) is 23.6 Å². The molecular weight excluding hydrogens is 356 g/mol. The first-order valence-electron chi connectivity index (χ1n) is 9.21. The Kier molecular flexibility index (Phi) is 6.32. The van der Waals surface area contributed by atoms with Gasteiger partial charge in [0.25, 0.3) is 5.91 Å². The van der Waals surface area contributed by atoms with Gasteiger partial charge in [0.2, 0.25) is 5.91 Å². The van der Waals surface area contributed by atoms with E-state index in [1.807, 2.05) is 30.3 Å². The lowest BCUT2D eigenvalue weighted by Gasteiger charge is -2.16. The molecule has 1 N–H and O–H groups in total. The van der Waals surface area contributed by atoms with Gasteiger partial charge in [-0.1, -0.05) is 12.1 Å². The summed E-state index contributed by atoms with van der Waals surface area (Å²) < 4.78 is 10.9. The van der Waals surface area contributed by atoms with Gasteiger partial charge in [0.15, 0.2) is 18.1 Å². The van der Waals surface area contributed by atoms with Crippen LogP contribution in [0.1, 0.15) is 18.4 Å². The van der Waals surface area contributed by atoms with Crippen LogP contribution in [0.3, 0.4) is 0 Å². The van der Waals surface area contributed by atoms with Crippen LogP contribution in [0.15, 0.2) is 55.1 Å². The maximum absolute atomic E-state index is 12.2. The molecule has 0 radical (unpaired) electrons. The minimum atomic E-state index is -0.276. The van der Waals surface area contributed by atoms with Crippen LogP contribution in [0.2, 0.25) is 0 Å². The van der Waals surface area contributed by atoms with Crippen LogP contribution in [0.25, 0.3) is 0 Å². The summed E-state index contributed by atoms with van der Waals surface area (Å²) in [6, 6.07) is 12.8. The van der Waals surface area contributed by atoms with E-state index in [4.69, 9.17) is 9.47 Å². The van der Waals surface area contributed by atoms with Gasteiger partial charge in [-0.3, -0.25) is 9.59 Å². The summed E-state index contributed by atoms with van der Waals surface area (Å²) in [5, 5.41) is 2.79. The zero-order valence-electron chi connectivity index (χ0n) is 15.9. The molecule has 6 nitrogen and oxygen atoms in total. The van der Waals surface area contributed by atoms with Gasteiger partial charge in [-0.05, 0) is 54.8 Å². The van der Waals surface area contributed by atoms with E-state index in [-0.39, 0.29) is 18.4 Å². The van der Waals surface area contributed by atoms with Gasteiger partial charge in [-0.15, -0.1) is 6.58 Å². The number of nitrogens with one attached hydrogen (secondary N) is 1. The fourth-order valence-electron chi connectivity index (χ4n) is 3.11. The minimum absolute atomic E-state index is 0.135. The third-order valence-corrected chi connectivity index (χ3v) is 4.50. The van der Waals surface area contributed by atoms with E-state index in [9.17, 15) is 9.59 Å². The molecule has 0 unspecified atom stereocenters. The van der Waals surface area contributed by atoms with Crippen LogP contribution in [0, 0.1) is 0 Å². The average molecular weight is 380 g/mol. The smallest absolute Gasteiger partial charge is 0.262 e. The number of methoxy groups -OCH3 is 1. The first kappa shape index (κ1) is 19.5. The van der Waals surface area contributed by atoms with E-state index >= 15 is 0 Å². The van der Waals surface area contributed by atoms with Crippen molar-refractivity contribution in [2.75, 3.05) is 30.5 Å². The number of anilines is 2. The molecule has 1 fully saturated rings. The van der Waals surface area contributed by atoms with Crippen LogP contribution in [-0.4, -0.2) is 32.1 Å². The van der Waals surface area contributed by atoms with Crippen molar-refractivity contribution in [2.45, 2.75) is 19.3 Å². The molecule has 6 heteroatoms. The molecule has 0 atom stereocenters. The van der Waals surface area contributed by atoms with E-state index in [0.717, 1.165) is 30.6 Å². The van der Waals surface area contributed by atoms with Crippen molar-refractivity contribution >= 4 is 23.2 Å². The van der Waals surface area contributed by atoms with E-state index in [2.05, 4.69) is 11.9 Å². The van der Waals surface area contributed by atoms with Gasteiger partial charge in [-0.25, -0.2) is 0 Å².